The summed E-state index contributed by atoms with van der Waals surface area (Å²) in [5.74, 6) is -1.51. The van der Waals surface area contributed by atoms with Gasteiger partial charge in [-0.3, -0.25) is 0 Å². The highest BCUT2D eigenvalue weighted by atomic mass is 19.1. The molecule has 16 heavy (non-hydrogen) atoms. The fraction of sp³-hybridized carbons (Fsp3) is 0.0833. The van der Waals surface area contributed by atoms with E-state index in [1.807, 2.05) is 0 Å². The minimum atomic E-state index is -1.15. The number of furan rings is 1. The van der Waals surface area contributed by atoms with Crippen molar-refractivity contribution in [1.29, 1.82) is 0 Å². The Bertz CT molecular complexity index is 543. The molecule has 3 nitrogen and oxygen atoms in total. The fourth-order valence-electron chi connectivity index (χ4n) is 1.49. The molecule has 0 saturated heterocycles. The first-order valence-corrected chi connectivity index (χ1v) is 4.68. The highest BCUT2D eigenvalue weighted by Crippen LogP contribution is 2.27. The summed E-state index contributed by atoms with van der Waals surface area (Å²) >= 11 is 0. The van der Waals surface area contributed by atoms with E-state index in [1.54, 1.807) is 25.1 Å². The monoisotopic (exact) mass is 220 g/mol. The van der Waals surface area contributed by atoms with Crippen molar-refractivity contribution in [2.24, 2.45) is 0 Å². The number of carboxylic acids is 1. The zero-order valence-corrected chi connectivity index (χ0v) is 8.53. The normalized spacial score (nSPS) is 10.4. The number of aryl methyl sites for hydroxylation is 1. The van der Waals surface area contributed by atoms with E-state index < -0.39 is 11.8 Å². The van der Waals surface area contributed by atoms with Crippen LogP contribution in [0.4, 0.5) is 4.39 Å². The van der Waals surface area contributed by atoms with E-state index in [0.717, 1.165) is 0 Å². The quantitative estimate of drug-likeness (QED) is 0.845. The van der Waals surface area contributed by atoms with Crippen LogP contribution in [0.2, 0.25) is 0 Å². The van der Waals surface area contributed by atoms with Crippen LogP contribution in [0.5, 0.6) is 0 Å². The van der Waals surface area contributed by atoms with Gasteiger partial charge in [0, 0.05) is 5.56 Å². The summed E-state index contributed by atoms with van der Waals surface area (Å²) in [6.07, 6.45) is 0. The van der Waals surface area contributed by atoms with Crippen LogP contribution in [0.1, 0.15) is 16.1 Å². The summed E-state index contributed by atoms with van der Waals surface area (Å²) in [5.41, 5.74) is 0.740. The maximum absolute atomic E-state index is 13.4. The van der Waals surface area contributed by atoms with Crippen molar-refractivity contribution in [2.75, 3.05) is 0 Å². The van der Waals surface area contributed by atoms with Gasteiger partial charge >= 0.3 is 5.97 Å². The second-order valence-electron chi connectivity index (χ2n) is 3.41. The molecule has 0 amide bonds. The van der Waals surface area contributed by atoms with Gasteiger partial charge in [0.15, 0.2) is 0 Å². The highest BCUT2D eigenvalue weighted by molar-refractivity contribution is 5.87. The smallest absolute Gasteiger partial charge is 0.372 e. The number of aromatic carboxylic acids is 1. The van der Waals surface area contributed by atoms with Gasteiger partial charge in [0.2, 0.25) is 5.76 Å². The second-order valence-corrected chi connectivity index (χ2v) is 3.41. The molecule has 0 atom stereocenters. The third-order valence-corrected chi connectivity index (χ3v) is 2.25. The minimum absolute atomic E-state index is 0.154. The van der Waals surface area contributed by atoms with E-state index in [1.165, 1.54) is 12.1 Å². The van der Waals surface area contributed by atoms with Crippen molar-refractivity contribution >= 4 is 5.97 Å². The summed E-state index contributed by atoms with van der Waals surface area (Å²) in [7, 11) is 0. The van der Waals surface area contributed by atoms with Gasteiger partial charge in [-0.1, -0.05) is 12.1 Å². The Morgan fingerprint density at radius 2 is 2.06 bits per heavy atom. The van der Waals surface area contributed by atoms with Gasteiger partial charge in [0.05, 0.1) is 5.56 Å². The van der Waals surface area contributed by atoms with Gasteiger partial charge in [-0.25, -0.2) is 9.18 Å². The van der Waals surface area contributed by atoms with Gasteiger partial charge in [-0.15, -0.1) is 0 Å². The van der Waals surface area contributed by atoms with E-state index in [4.69, 9.17) is 9.52 Å². The number of rotatable bonds is 2. The van der Waals surface area contributed by atoms with Crippen LogP contribution in [0.3, 0.4) is 0 Å². The first-order valence-electron chi connectivity index (χ1n) is 4.68. The van der Waals surface area contributed by atoms with Crippen LogP contribution >= 0.6 is 0 Å². The summed E-state index contributed by atoms with van der Waals surface area (Å²) < 4.78 is 18.5. The summed E-state index contributed by atoms with van der Waals surface area (Å²) in [4.78, 5) is 10.8. The Hall–Kier alpha value is -2.10. The molecule has 1 aromatic carbocycles. The predicted molar refractivity (Wildman–Crippen MR) is 55.8 cm³/mol. The SMILES string of the molecule is Cc1cc(-c2ccccc2F)oc1C(=O)O. The molecule has 0 bridgehead atoms. The molecular weight excluding hydrogens is 211 g/mol. The lowest BCUT2D eigenvalue weighted by Crippen LogP contribution is -1.94. The van der Waals surface area contributed by atoms with Crippen LogP contribution in [0.15, 0.2) is 34.7 Å². The standard InChI is InChI=1S/C12H9FO3/c1-7-6-10(16-11(7)12(14)15)8-4-2-3-5-9(8)13/h2-6H,1H3,(H,14,15). The molecule has 1 aromatic heterocycles. The molecule has 0 saturated carbocycles. The molecule has 1 N–H and O–H groups in total. The zero-order chi connectivity index (χ0) is 11.7. The van der Waals surface area contributed by atoms with E-state index in [0.29, 0.717) is 5.56 Å². The van der Waals surface area contributed by atoms with Gasteiger partial charge < -0.3 is 9.52 Å². The molecule has 0 radical (unpaired) electrons. The number of carbonyl (C=O) groups is 1. The van der Waals surface area contributed by atoms with Crippen LogP contribution in [-0.4, -0.2) is 11.1 Å². The lowest BCUT2D eigenvalue weighted by Gasteiger charge is -1.97. The second kappa shape index (κ2) is 3.81. The number of benzene rings is 1. The molecule has 0 fully saturated rings. The van der Waals surface area contributed by atoms with Gasteiger partial charge in [0.1, 0.15) is 11.6 Å². The first-order chi connectivity index (χ1) is 7.59. The van der Waals surface area contributed by atoms with Crippen LogP contribution in [0, 0.1) is 12.7 Å². The van der Waals surface area contributed by atoms with Crippen molar-refractivity contribution in [3.63, 3.8) is 0 Å². The molecule has 2 aromatic rings. The van der Waals surface area contributed by atoms with Crippen LogP contribution in [-0.2, 0) is 0 Å². The van der Waals surface area contributed by atoms with Gasteiger partial charge in [-0.05, 0) is 25.1 Å². The Morgan fingerprint density at radius 3 is 2.62 bits per heavy atom. The maximum atomic E-state index is 13.4. The minimum Gasteiger partial charge on any atom is -0.475 e. The molecular formula is C12H9FO3. The molecule has 0 aliphatic carbocycles. The average Bonchev–Trinajstić information content (AvgIpc) is 2.61. The summed E-state index contributed by atoms with van der Waals surface area (Å²) in [6.45, 7) is 1.61. The van der Waals surface area contributed by atoms with Gasteiger partial charge in [0.25, 0.3) is 0 Å². The third-order valence-electron chi connectivity index (χ3n) is 2.25. The third kappa shape index (κ3) is 1.69. The number of carboxylic acid groups (broad SMARTS) is 1. The molecule has 82 valence electrons. The Labute approximate surface area is 91.1 Å². The van der Waals surface area contributed by atoms with Crippen molar-refractivity contribution in [3.8, 4) is 11.3 Å². The van der Waals surface area contributed by atoms with Crippen molar-refractivity contribution < 1.29 is 18.7 Å². The van der Waals surface area contributed by atoms with E-state index in [9.17, 15) is 9.18 Å². The Morgan fingerprint density at radius 1 is 1.38 bits per heavy atom. The van der Waals surface area contributed by atoms with Crippen LogP contribution < -0.4 is 0 Å². The topological polar surface area (TPSA) is 50.4 Å². The van der Waals surface area contributed by atoms with Crippen molar-refractivity contribution in [1.82, 2.24) is 0 Å². The van der Waals surface area contributed by atoms with E-state index in [2.05, 4.69) is 0 Å². The predicted octanol–water partition coefficient (Wildman–Crippen LogP) is 3.09. The maximum Gasteiger partial charge on any atom is 0.372 e. The van der Waals surface area contributed by atoms with E-state index in [-0.39, 0.29) is 17.1 Å². The lowest BCUT2D eigenvalue weighted by atomic mass is 10.1. The summed E-state index contributed by atoms with van der Waals surface area (Å²) in [6, 6.07) is 7.58. The number of halogens is 1. The van der Waals surface area contributed by atoms with Crippen molar-refractivity contribution in [3.05, 3.63) is 47.5 Å². The molecule has 0 aliphatic rings. The lowest BCUT2D eigenvalue weighted by molar-refractivity contribution is 0.0662. The number of hydrogen-bond donors (Lipinski definition) is 1. The molecule has 4 heteroatoms. The Kier molecular flexibility index (Phi) is 2.48. The number of hydrogen-bond acceptors (Lipinski definition) is 2. The molecule has 1 heterocycles. The summed E-state index contributed by atoms with van der Waals surface area (Å²) in [5, 5.41) is 8.81. The average molecular weight is 220 g/mol. The van der Waals surface area contributed by atoms with E-state index >= 15 is 0 Å². The zero-order valence-electron chi connectivity index (χ0n) is 8.53. The molecule has 0 aliphatic heterocycles. The molecule has 0 unspecified atom stereocenters. The fourth-order valence-corrected chi connectivity index (χ4v) is 1.49. The van der Waals surface area contributed by atoms with Gasteiger partial charge in [-0.2, -0.15) is 0 Å². The van der Waals surface area contributed by atoms with Crippen LogP contribution in [0.25, 0.3) is 11.3 Å². The van der Waals surface area contributed by atoms with Crippen molar-refractivity contribution in [2.45, 2.75) is 6.92 Å². The largest absolute Gasteiger partial charge is 0.475 e. The highest BCUT2D eigenvalue weighted by Gasteiger charge is 2.16. The molecule has 0 spiro atoms. The Balaban J connectivity index is 2.54. The first kappa shape index (κ1) is 10.4. The molecule has 2 rings (SSSR count).